The molecule has 3 rings (SSSR count). The molecule has 2 aliphatic heterocycles. The number of carbonyl (C=O) groups excluding carboxylic acids is 1. The molecule has 0 aromatic carbocycles. The van der Waals surface area contributed by atoms with E-state index >= 15 is 0 Å². The van der Waals surface area contributed by atoms with Crippen LogP contribution in [-0.2, 0) is 13.0 Å². The molecule has 1 fully saturated rings. The number of nitrogens with one attached hydrogen (secondary N) is 3. The van der Waals surface area contributed by atoms with Crippen LogP contribution >= 0.6 is 12.4 Å². The molecule has 1 aromatic rings. The largest absolute Gasteiger partial charge is 0.349 e. The Morgan fingerprint density at radius 3 is 3.00 bits per heavy atom. The lowest BCUT2D eigenvalue weighted by Gasteiger charge is -2.43. The number of hydrogen-bond donors (Lipinski definition) is 3. The van der Waals surface area contributed by atoms with Crippen molar-refractivity contribution >= 4 is 18.3 Å². The second kappa shape index (κ2) is 8.52. The molecule has 1 amide bonds. The summed E-state index contributed by atoms with van der Waals surface area (Å²) in [6.45, 7) is 11.3. The summed E-state index contributed by atoms with van der Waals surface area (Å²) >= 11 is 0. The summed E-state index contributed by atoms with van der Waals surface area (Å²) in [6, 6.07) is 0. The third-order valence-electron chi connectivity index (χ3n) is 5.66. The summed E-state index contributed by atoms with van der Waals surface area (Å²) < 4.78 is 0. The molecule has 2 aliphatic rings. The highest BCUT2D eigenvalue weighted by Gasteiger charge is 2.32. The van der Waals surface area contributed by atoms with Gasteiger partial charge >= 0.3 is 0 Å². The number of fused-ring (bicyclic) bond motifs is 1. The maximum atomic E-state index is 12.6. The molecule has 1 atom stereocenters. The minimum absolute atomic E-state index is 0. The molecule has 25 heavy (non-hydrogen) atoms. The van der Waals surface area contributed by atoms with Crippen molar-refractivity contribution in [3.8, 4) is 0 Å². The van der Waals surface area contributed by atoms with Gasteiger partial charge in [0.1, 0.15) is 0 Å². The molecule has 142 valence electrons. The van der Waals surface area contributed by atoms with Crippen LogP contribution in [0.25, 0.3) is 0 Å². The van der Waals surface area contributed by atoms with Crippen molar-refractivity contribution in [1.82, 2.24) is 25.7 Å². The molecule has 1 saturated heterocycles. The predicted molar refractivity (Wildman–Crippen MR) is 102 cm³/mol. The van der Waals surface area contributed by atoms with E-state index in [-0.39, 0.29) is 23.9 Å². The van der Waals surface area contributed by atoms with E-state index in [2.05, 4.69) is 46.5 Å². The van der Waals surface area contributed by atoms with Crippen LogP contribution in [0.15, 0.2) is 0 Å². The van der Waals surface area contributed by atoms with Crippen molar-refractivity contribution in [2.45, 2.75) is 58.5 Å². The van der Waals surface area contributed by atoms with Crippen LogP contribution < -0.4 is 10.6 Å². The van der Waals surface area contributed by atoms with Gasteiger partial charge in [-0.25, -0.2) is 0 Å². The molecule has 0 aliphatic carbocycles. The summed E-state index contributed by atoms with van der Waals surface area (Å²) in [5, 5.41) is 13.7. The average Bonchev–Trinajstić information content (AvgIpc) is 3.04. The molecule has 3 heterocycles. The number of amides is 1. The van der Waals surface area contributed by atoms with E-state index < -0.39 is 0 Å². The lowest BCUT2D eigenvalue weighted by molar-refractivity contribution is 0.0610. The van der Waals surface area contributed by atoms with Crippen molar-refractivity contribution in [2.24, 2.45) is 5.92 Å². The lowest BCUT2D eigenvalue weighted by Crippen LogP contribution is -2.55. The lowest BCUT2D eigenvalue weighted by atomic mass is 9.91. The summed E-state index contributed by atoms with van der Waals surface area (Å²) in [5.74, 6) is 0.728. The fourth-order valence-corrected chi connectivity index (χ4v) is 3.85. The van der Waals surface area contributed by atoms with Gasteiger partial charge in [-0.15, -0.1) is 12.4 Å². The van der Waals surface area contributed by atoms with Gasteiger partial charge in [0.25, 0.3) is 5.91 Å². The van der Waals surface area contributed by atoms with E-state index in [4.69, 9.17) is 0 Å². The monoisotopic (exact) mass is 369 g/mol. The second-order valence-electron chi connectivity index (χ2n) is 7.81. The van der Waals surface area contributed by atoms with Gasteiger partial charge < -0.3 is 10.6 Å². The Morgan fingerprint density at radius 2 is 2.24 bits per heavy atom. The van der Waals surface area contributed by atoms with Crippen molar-refractivity contribution in [3.63, 3.8) is 0 Å². The average molecular weight is 370 g/mol. The Bertz CT molecular complexity index is 586. The Hall–Kier alpha value is -1.11. The van der Waals surface area contributed by atoms with Gasteiger partial charge in [0, 0.05) is 49.4 Å². The maximum absolute atomic E-state index is 12.6. The number of piperidine rings is 1. The second-order valence-corrected chi connectivity index (χ2v) is 7.81. The molecule has 1 aromatic heterocycles. The molecule has 3 N–H and O–H groups in total. The molecule has 0 spiro atoms. The first-order chi connectivity index (χ1) is 11.5. The molecule has 1 unspecified atom stereocenters. The Balaban J connectivity index is 0.00000225. The topological polar surface area (TPSA) is 73.0 Å². The van der Waals surface area contributed by atoms with Crippen molar-refractivity contribution in [1.29, 1.82) is 0 Å². The number of H-pyrrole nitrogens is 1. The summed E-state index contributed by atoms with van der Waals surface area (Å²) in [4.78, 5) is 15.1. The number of nitrogens with zero attached hydrogens (tertiary/aromatic N) is 2. The number of carbonyl (C=O) groups is 1. The van der Waals surface area contributed by atoms with Crippen molar-refractivity contribution in [2.75, 3.05) is 26.2 Å². The van der Waals surface area contributed by atoms with Crippen LogP contribution in [0.4, 0.5) is 0 Å². The van der Waals surface area contributed by atoms with E-state index in [1.807, 2.05) is 0 Å². The zero-order valence-corrected chi connectivity index (χ0v) is 16.5. The summed E-state index contributed by atoms with van der Waals surface area (Å²) in [6.07, 6.45) is 4.74. The number of likely N-dealkylation sites (tertiary alicyclic amines) is 1. The quantitative estimate of drug-likeness (QED) is 0.743. The van der Waals surface area contributed by atoms with Crippen LogP contribution in [0, 0.1) is 5.92 Å². The number of aromatic nitrogens is 2. The first kappa shape index (κ1) is 20.2. The molecular formula is C18H32ClN5O. The molecular weight excluding hydrogens is 338 g/mol. The first-order valence-electron chi connectivity index (χ1n) is 9.31. The van der Waals surface area contributed by atoms with Crippen LogP contribution in [0.3, 0.4) is 0 Å². The first-order valence-corrected chi connectivity index (χ1v) is 9.31. The van der Waals surface area contributed by atoms with E-state index in [1.54, 1.807) is 0 Å². The number of rotatable bonds is 5. The van der Waals surface area contributed by atoms with Gasteiger partial charge in [-0.1, -0.05) is 13.3 Å². The third-order valence-corrected chi connectivity index (χ3v) is 5.66. The maximum Gasteiger partial charge on any atom is 0.272 e. The highest BCUT2D eigenvalue weighted by molar-refractivity contribution is 5.94. The number of halogens is 1. The van der Waals surface area contributed by atoms with Crippen LogP contribution in [-0.4, -0.2) is 52.7 Å². The Kier molecular flexibility index (Phi) is 6.88. The fraction of sp³-hybridized carbons (Fsp3) is 0.778. The van der Waals surface area contributed by atoms with Crippen LogP contribution in [0.5, 0.6) is 0 Å². The minimum Gasteiger partial charge on any atom is -0.349 e. The van der Waals surface area contributed by atoms with Gasteiger partial charge in [-0.2, -0.15) is 5.10 Å². The van der Waals surface area contributed by atoms with E-state index in [0.29, 0.717) is 12.2 Å². The number of aromatic amines is 1. The molecule has 6 nitrogen and oxygen atoms in total. The summed E-state index contributed by atoms with van der Waals surface area (Å²) in [7, 11) is 0. The minimum atomic E-state index is -0.0617. The third kappa shape index (κ3) is 4.54. The van der Waals surface area contributed by atoms with Gasteiger partial charge in [0.2, 0.25) is 0 Å². The van der Waals surface area contributed by atoms with Gasteiger partial charge in [0.15, 0.2) is 5.69 Å². The molecule has 7 heteroatoms. The summed E-state index contributed by atoms with van der Waals surface area (Å²) in [5.41, 5.74) is 2.65. The zero-order valence-electron chi connectivity index (χ0n) is 15.7. The standard InChI is InChI=1S/C18H31N5O.ClH/c1-4-13-6-5-9-23(11-13)18(2,3)12-20-17(24)16-14-10-19-8-7-15(14)21-22-16;/h13,19H,4-12H2,1-3H3,(H,20,24)(H,21,22);1H. The van der Waals surface area contributed by atoms with E-state index in [0.717, 1.165) is 49.8 Å². The fourth-order valence-electron chi connectivity index (χ4n) is 3.85. The van der Waals surface area contributed by atoms with Crippen molar-refractivity contribution < 1.29 is 4.79 Å². The SMILES string of the molecule is CCC1CCCN(C(C)(C)CNC(=O)c2n[nH]c3c2CNCC3)C1.Cl. The number of hydrogen-bond acceptors (Lipinski definition) is 4. The van der Waals surface area contributed by atoms with E-state index in [9.17, 15) is 4.79 Å². The molecule has 0 bridgehead atoms. The van der Waals surface area contributed by atoms with Gasteiger partial charge in [0.05, 0.1) is 0 Å². The van der Waals surface area contributed by atoms with Gasteiger partial charge in [-0.3, -0.25) is 14.8 Å². The predicted octanol–water partition coefficient (Wildman–Crippen LogP) is 2.11. The highest BCUT2D eigenvalue weighted by atomic mass is 35.5. The van der Waals surface area contributed by atoms with Crippen LogP contribution in [0.2, 0.25) is 0 Å². The molecule has 0 radical (unpaired) electrons. The Morgan fingerprint density at radius 1 is 1.44 bits per heavy atom. The molecule has 0 saturated carbocycles. The smallest absolute Gasteiger partial charge is 0.272 e. The zero-order chi connectivity index (χ0) is 17.2. The van der Waals surface area contributed by atoms with E-state index in [1.165, 1.54) is 19.3 Å². The Labute approximate surface area is 156 Å². The highest BCUT2D eigenvalue weighted by Crippen LogP contribution is 2.25. The normalized spacial score (nSPS) is 21.3. The van der Waals surface area contributed by atoms with Gasteiger partial charge in [-0.05, 0) is 39.2 Å². The van der Waals surface area contributed by atoms with Crippen LogP contribution in [0.1, 0.15) is 61.8 Å². The van der Waals surface area contributed by atoms with Crippen molar-refractivity contribution in [3.05, 3.63) is 17.0 Å².